The maximum absolute atomic E-state index is 5.85. The fraction of sp³-hybridized carbons (Fsp3) is 0.545. The number of anilines is 1. The maximum Gasteiger partial charge on any atom is 0.142 e. The summed E-state index contributed by atoms with van der Waals surface area (Å²) in [5, 5.41) is 6.37. The summed E-state index contributed by atoms with van der Waals surface area (Å²) in [6.45, 7) is 3.80. The van der Waals surface area contributed by atoms with Gasteiger partial charge in [0.25, 0.3) is 0 Å². The second kappa shape index (κ2) is 4.49. The summed E-state index contributed by atoms with van der Waals surface area (Å²) in [7, 11) is 1.87. The third-order valence-electron chi connectivity index (χ3n) is 2.60. The smallest absolute Gasteiger partial charge is 0.142 e. The summed E-state index contributed by atoms with van der Waals surface area (Å²) in [5.74, 6) is 1.79. The van der Waals surface area contributed by atoms with E-state index in [0.717, 1.165) is 36.8 Å². The molecule has 0 aliphatic carbocycles. The lowest BCUT2D eigenvalue weighted by molar-refractivity contribution is 0.201. The van der Waals surface area contributed by atoms with Crippen LogP contribution in [0.2, 0.25) is 0 Å². The highest BCUT2D eigenvalue weighted by Gasteiger charge is 2.16. The highest BCUT2D eigenvalue weighted by molar-refractivity contribution is 5.41. The van der Waals surface area contributed by atoms with Crippen LogP contribution in [0.3, 0.4) is 0 Å². The van der Waals surface area contributed by atoms with Crippen molar-refractivity contribution in [3.63, 3.8) is 0 Å². The first-order valence-electron chi connectivity index (χ1n) is 5.38. The Morgan fingerprint density at radius 2 is 2.47 bits per heavy atom. The number of fused-ring (bicyclic) bond motifs is 1. The zero-order valence-corrected chi connectivity index (χ0v) is 9.21. The van der Waals surface area contributed by atoms with Gasteiger partial charge in [-0.1, -0.05) is 6.92 Å². The Morgan fingerprint density at radius 3 is 3.20 bits per heavy atom. The molecule has 0 bridgehead atoms. The fourth-order valence-corrected chi connectivity index (χ4v) is 1.66. The van der Waals surface area contributed by atoms with Crippen LogP contribution < -0.4 is 15.4 Å². The van der Waals surface area contributed by atoms with Crippen LogP contribution in [0.5, 0.6) is 5.75 Å². The van der Waals surface area contributed by atoms with Gasteiger partial charge in [-0.25, -0.2) is 4.98 Å². The number of nitrogens with zero attached hydrogens (tertiary/aromatic N) is 1. The zero-order valence-electron chi connectivity index (χ0n) is 9.21. The lowest BCUT2D eigenvalue weighted by Crippen LogP contribution is -2.27. The Bertz CT molecular complexity index is 341. The summed E-state index contributed by atoms with van der Waals surface area (Å²) in [6, 6.07) is 3.93. The molecule has 0 unspecified atom stereocenters. The number of nitrogens with one attached hydrogen (secondary N) is 2. The minimum Gasteiger partial charge on any atom is -0.487 e. The van der Waals surface area contributed by atoms with Gasteiger partial charge in [0.05, 0.1) is 5.69 Å². The van der Waals surface area contributed by atoms with Crippen LogP contribution in [-0.2, 0) is 6.54 Å². The molecule has 2 N–H and O–H groups in total. The number of aromatic nitrogens is 1. The fourth-order valence-electron chi connectivity index (χ4n) is 1.66. The van der Waals surface area contributed by atoms with Gasteiger partial charge in [0.2, 0.25) is 0 Å². The molecular weight excluding hydrogens is 190 g/mol. The Balaban J connectivity index is 2.25. The van der Waals surface area contributed by atoms with Crippen molar-refractivity contribution in [2.45, 2.75) is 26.0 Å². The Hall–Kier alpha value is -1.29. The quantitative estimate of drug-likeness (QED) is 0.769. The van der Waals surface area contributed by atoms with E-state index in [9.17, 15) is 0 Å². The summed E-state index contributed by atoms with van der Waals surface area (Å²) in [6.07, 6.45) is 1.27. The van der Waals surface area contributed by atoms with Gasteiger partial charge in [0, 0.05) is 20.1 Å². The predicted octanol–water partition coefficient (Wildman–Crippen LogP) is 1.38. The van der Waals surface area contributed by atoms with Crippen LogP contribution in [0.25, 0.3) is 0 Å². The molecule has 0 fully saturated rings. The molecule has 1 aromatic rings. The predicted molar refractivity (Wildman–Crippen MR) is 60.2 cm³/mol. The van der Waals surface area contributed by atoms with Gasteiger partial charge in [-0.3, -0.25) is 0 Å². The molecule has 4 nitrogen and oxygen atoms in total. The summed E-state index contributed by atoms with van der Waals surface area (Å²) in [5.41, 5.74) is 0.984. The molecule has 2 heterocycles. The average molecular weight is 207 g/mol. The number of rotatable bonds is 2. The SMILES string of the molecule is CC[C@@H]1CNCc2nc(NC)ccc2O1. The van der Waals surface area contributed by atoms with E-state index >= 15 is 0 Å². The van der Waals surface area contributed by atoms with Crippen LogP contribution in [0.15, 0.2) is 12.1 Å². The average Bonchev–Trinajstić information content (AvgIpc) is 2.49. The van der Waals surface area contributed by atoms with E-state index in [0.29, 0.717) is 0 Å². The van der Waals surface area contributed by atoms with E-state index in [1.54, 1.807) is 0 Å². The van der Waals surface area contributed by atoms with E-state index in [-0.39, 0.29) is 6.10 Å². The Kier molecular flexibility index (Phi) is 3.06. The van der Waals surface area contributed by atoms with E-state index < -0.39 is 0 Å². The van der Waals surface area contributed by atoms with Crippen molar-refractivity contribution in [2.24, 2.45) is 0 Å². The molecule has 0 aromatic carbocycles. The number of hydrogen-bond acceptors (Lipinski definition) is 4. The van der Waals surface area contributed by atoms with Gasteiger partial charge in [-0.15, -0.1) is 0 Å². The highest BCUT2D eigenvalue weighted by Crippen LogP contribution is 2.22. The largest absolute Gasteiger partial charge is 0.487 e. The third-order valence-corrected chi connectivity index (χ3v) is 2.60. The van der Waals surface area contributed by atoms with Gasteiger partial charge >= 0.3 is 0 Å². The Morgan fingerprint density at radius 1 is 1.60 bits per heavy atom. The summed E-state index contributed by atoms with van der Waals surface area (Å²) in [4.78, 5) is 4.46. The molecule has 0 saturated heterocycles. The van der Waals surface area contributed by atoms with Crippen LogP contribution in [-0.4, -0.2) is 24.7 Å². The van der Waals surface area contributed by atoms with Crippen LogP contribution in [0.1, 0.15) is 19.0 Å². The van der Waals surface area contributed by atoms with Gasteiger partial charge in [0.15, 0.2) is 0 Å². The number of pyridine rings is 1. The first-order chi connectivity index (χ1) is 7.33. The number of ether oxygens (including phenoxy) is 1. The molecule has 1 atom stereocenters. The molecule has 0 radical (unpaired) electrons. The van der Waals surface area contributed by atoms with Crippen LogP contribution in [0, 0.1) is 0 Å². The maximum atomic E-state index is 5.85. The molecule has 2 rings (SSSR count). The van der Waals surface area contributed by atoms with E-state index in [4.69, 9.17) is 4.74 Å². The normalized spacial score (nSPS) is 20.0. The van der Waals surface area contributed by atoms with Crippen molar-refractivity contribution in [1.82, 2.24) is 10.3 Å². The third kappa shape index (κ3) is 2.21. The van der Waals surface area contributed by atoms with Crippen LogP contribution >= 0.6 is 0 Å². The summed E-state index contributed by atoms with van der Waals surface area (Å²) >= 11 is 0. The van der Waals surface area contributed by atoms with E-state index in [2.05, 4.69) is 22.5 Å². The number of hydrogen-bond donors (Lipinski definition) is 2. The molecule has 1 aliphatic rings. The molecule has 1 aromatic heterocycles. The lowest BCUT2D eigenvalue weighted by Gasteiger charge is -2.14. The molecule has 82 valence electrons. The van der Waals surface area contributed by atoms with Crippen molar-refractivity contribution in [3.8, 4) is 5.75 Å². The minimum absolute atomic E-state index is 0.258. The summed E-state index contributed by atoms with van der Waals surface area (Å²) < 4.78 is 5.85. The van der Waals surface area contributed by atoms with Crippen molar-refractivity contribution in [2.75, 3.05) is 18.9 Å². The van der Waals surface area contributed by atoms with Crippen molar-refractivity contribution >= 4 is 5.82 Å². The molecule has 0 amide bonds. The molecule has 4 heteroatoms. The standard InChI is InChI=1S/C11H17N3O/c1-3-8-6-13-7-9-10(15-8)4-5-11(12-2)14-9/h4-5,8,13H,3,6-7H2,1-2H3,(H,12,14)/t8-/m1/s1. The Labute approximate surface area is 90.0 Å². The molecular formula is C11H17N3O. The van der Waals surface area contributed by atoms with Crippen LogP contribution in [0.4, 0.5) is 5.82 Å². The van der Waals surface area contributed by atoms with Gasteiger partial charge in [0.1, 0.15) is 17.7 Å². The first kappa shape index (κ1) is 10.2. The lowest BCUT2D eigenvalue weighted by atomic mass is 10.3. The molecule has 15 heavy (non-hydrogen) atoms. The second-order valence-electron chi connectivity index (χ2n) is 3.67. The van der Waals surface area contributed by atoms with Crippen molar-refractivity contribution in [3.05, 3.63) is 17.8 Å². The topological polar surface area (TPSA) is 46.2 Å². The van der Waals surface area contributed by atoms with Crippen molar-refractivity contribution in [1.29, 1.82) is 0 Å². The van der Waals surface area contributed by atoms with E-state index in [1.807, 2.05) is 19.2 Å². The van der Waals surface area contributed by atoms with Gasteiger partial charge in [-0.05, 0) is 18.6 Å². The van der Waals surface area contributed by atoms with Crippen molar-refractivity contribution < 1.29 is 4.74 Å². The first-order valence-corrected chi connectivity index (χ1v) is 5.38. The van der Waals surface area contributed by atoms with E-state index in [1.165, 1.54) is 0 Å². The minimum atomic E-state index is 0.258. The molecule has 0 saturated carbocycles. The molecule has 0 spiro atoms. The monoisotopic (exact) mass is 207 g/mol. The van der Waals surface area contributed by atoms with Gasteiger partial charge in [-0.2, -0.15) is 0 Å². The van der Waals surface area contributed by atoms with Gasteiger partial charge < -0.3 is 15.4 Å². The molecule has 1 aliphatic heterocycles. The zero-order chi connectivity index (χ0) is 10.7. The highest BCUT2D eigenvalue weighted by atomic mass is 16.5. The second-order valence-corrected chi connectivity index (χ2v) is 3.67.